The molecule has 36 heavy (non-hydrogen) atoms. The van der Waals surface area contributed by atoms with Gasteiger partial charge in [0.2, 0.25) is 0 Å². The van der Waals surface area contributed by atoms with Crippen LogP contribution in [0.5, 0.6) is 0 Å². The molecule has 1 aromatic carbocycles. The van der Waals surface area contributed by atoms with Crippen LogP contribution in [0.3, 0.4) is 0 Å². The first-order valence-electron chi connectivity index (χ1n) is 13.5. The van der Waals surface area contributed by atoms with E-state index in [2.05, 4.69) is 84.4 Å². The third-order valence-corrected chi connectivity index (χ3v) is 5.66. The number of hydrogen-bond donors (Lipinski definition) is 2. The molecule has 0 aliphatic heterocycles. The average molecular weight is 496 g/mol. The monoisotopic (exact) mass is 495 g/mol. The number of nitrogens with two attached hydrogens (primary N) is 1. The largest absolute Gasteiger partial charge is 0.513 e. The minimum absolute atomic E-state index is 0.167. The molecule has 2 heteroatoms. The highest BCUT2D eigenvalue weighted by atomic mass is 16.3. The van der Waals surface area contributed by atoms with Gasteiger partial charge in [0.15, 0.2) is 0 Å². The molecule has 1 saturated carbocycles. The van der Waals surface area contributed by atoms with Crippen molar-refractivity contribution >= 4 is 12.2 Å². The van der Waals surface area contributed by atoms with Gasteiger partial charge in [-0.2, -0.15) is 0 Å². The number of allylic oxidation sites excluding steroid dienone is 7. The van der Waals surface area contributed by atoms with Crippen molar-refractivity contribution in [1.29, 1.82) is 0 Å². The van der Waals surface area contributed by atoms with Crippen LogP contribution in [-0.4, -0.2) is 12.2 Å². The molecule has 0 spiro atoms. The summed E-state index contributed by atoms with van der Waals surface area (Å²) in [5.41, 5.74) is 14.6. The van der Waals surface area contributed by atoms with Gasteiger partial charge >= 0.3 is 0 Å². The van der Waals surface area contributed by atoms with Gasteiger partial charge in [-0.3, -0.25) is 0 Å². The highest BCUT2D eigenvalue weighted by Gasteiger charge is 2.23. The van der Waals surface area contributed by atoms with Gasteiger partial charge in [0.1, 0.15) is 0 Å². The van der Waals surface area contributed by atoms with Crippen molar-refractivity contribution in [2.45, 2.75) is 94.4 Å². The van der Waals surface area contributed by atoms with E-state index in [0.717, 1.165) is 25.2 Å². The summed E-state index contributed by atoms with van der Waals surface area (Å²) in [7, 11) is 1.50. The summed E-state index contributed by atoms with van der Waals surface area (Å²) in [6.45, 7) is 29.5. The Kier molecular flexibility index (Phi) is 25.4. The van der Waals surface area contributed by atoms with Gasteiger partial charge < -0.3 is 10.8 Å². The molecule has 1 aliphatic carbocycles. The maximum absolute atomic E-state index is 7.86. The first-order chi connectivity index (χ1) is 17.2. The second kappa shape index (κ2) is 24.1. The van der Waals surface area contributed by atoms with E-state index in [-0.39, 0.29) is 5.76 Å². The summed E-state index contributed by atoms with van der Waals surface area (Å²) in [6.07, 6.45) is 18.4. The zero-order valence-corrected chi connectivity index (χ0v) is 25.3. The van der Waals surface area contributed by atoms with Gasteiger partial charge in [-0.05, 0) is 101 Å². The number of rotatable bonds is 8. The third-order valence-electron chi connectivity index (χ3n) is 5.66. The van der Waals surface area contributed by atoms with Crippen molar-refractivity contribution < 1.29 is 5.11 Å². The zero-order valence-electron chi connectivity index (χ0n) is 25.3. The van der Waals surface area contributed by atoms with Crippen LogP contribution >= 0.6 is 0 Å². The minimum atomic E-state index is 0.167. The molecule has 1 aromatic rings. The van der Waals surface area contributed by atoms with E-state index in [9.17, 15) is 0 Å². The topological polar surface area (TPSA) is 46.2 Å². The molecule has 2 nitrogen and oxygen atoms in total. The average Bonchev–Trinajstić information content (AvgIpc) is 3.74. The molecule has 0 amide bonds. The minimum Gasteiger partial charge on any atom is -0.513 e. The Morgan fingerprint density at radius 3 is 1.94 bits per heavy atom. The van der Waals surface area contributed by atoms with Crippen LogP contribution in [0.4, 0.5) is 0 Å². The Labute approximate surface area is 225 Å². The predicted octanol–water partition coefficient (Wildman–Crippen LogP) is 10.3. The van der Waals surface area contributed by atoms with Gasteiger partial charge in [-0.15, -0.1) is 0 Å². The Morgan fingerprint density at radius 2 is 1.61 bits per heavy atom. The van der Waals surface area contributed by atoms with Gasteiger partial charge in [0.25, 0.3) is 0 Å². The zero-order chi connectivity index (χ0) is 28.7. The lowest BCUT2D eigenvalue weighted by Gasteiger charge is -2.16. The summed E-state index contributed by atoms with van der Waals surface area (Å²) in [5.74, 6) is 1.01. The van der Waals surface area contributed by atoms with Crippen molar-refractivity contribution in [2.75, 3.05) is 7.05 Å². The molecule has 0 heterocycles. The summed E-state index contributed by atoms with van der Waals surface area (Å²) < 4.78 is 0. The van der Waals surface area contributed by atoms with Gasteiger partial charge in [0.05, 0.1) is 5.76 Å². The lowest BCUT2D eigenvalue weighted by Crippen LogP contribution is -2.00. The molecule has 0 atom stereocenters. The van der Waals surface area contributed by atoms with Crippen molar-refractivity contribution in [3.8, 4) is 0 Å². The van der Waals surface area contributed by atoms with Crippen LogP contribution < -0.4 is 5.73 Å². The molecule has 1 aliphatic rings. The van der Waals surface area contributed by atoms with E-state index >= 15 is 0 Å². The number of hydrogen-bond acceptors (Lipinski definition) is 2. The molecule has 1 fully saturated rings. The first kappa shape index (κ1) is 38.0. The molecule has 0 saturated heterocycles. The van der Waals surface area contributed by atoms with E-state index in [0.29, 0.717) is 0 Å². The van der Waals surface area contributed by atoms with Gasteiger partial charge in [-0.1, -0.05) is 108 Å². The summed E-state index contributed by atoms with van der Waals surface area (Å²) in [4.78, 5) is 0. The number of benzene rings is 1. The Bertz CT molecular complexity index is 844. The lowest BCUT2D eigenvalue weighted by molar-refractivity contribution is 0.417. The molecule has 0 aromatic heterocycles. The normalized spacial score (nSPS) is 12.4. The van der Waals surface area contributed by atoms with Crippen LogP contribution in [0.25, 0.3) is 12.2 Å². The Hall–Kier alpha value is -2.58. The second-order valence-electron chi connectivity index (χ2n) is 8.26. The van der Waals surface area contributed by atoms with Crippen LogP contribution in [0.1, 0.15) is 102 Å². The molecule has 2 rings (SSSR count). The third kappa shape index (κ3) is 16.2. The molecule has 3 N–H and O–H groups in total. The van der Waals surface area contributed by atoms with Crippen molar-refractivity contribution in [2.24, 2.45) is 11.7 Å². The van der Waals surface area contributed by atoms with Crippen LogP contribution in [0.2, 0.25) is 0 Å². The predicted molar refractivity (Wildman–Crippen MR) is 169 cm³/mol. The Balaban J connectivity index is -0.000000536. The van der Waals surface area contributed by atoms with Crippen molar-refractivity contribution in [3.05, 3.63) is 94.8 Å². The van der Waals surface area contributed by atoms with Crippen LogP contribution in [0.15, 0.2) is 67.0 Å². The van der Waals surface area contributed by atoms with E-state index in [1.54, 1.807) is 6.08 Å². The van der Waals surface area contributed by atoms with E-state index < -0.39 is 0 Å². The van der Waals surface area contributed by atoms with E-state index in [1.807, 2.05) is 32.9 Å². The lowest BCUT2D eigenvalue weighted by atomic mass is 9.88. The van der Waals surface area contributed by atoms with Gasteiger partial charge in [0, 0.05) is 0 Å². The summed E-state index contributed by atoms with van der Waals surface area (Å²) in [5, 5.41) is 7.86. The van der Waals surface area contributed by atoms with E-state index in [4.69, 9.17) is 5.11 Å². The van der Waals surface area contributed by atoms with Crippen molar-refractivity contribution in [1.82, 2.24) is 0 Å². The smallest absolute Gasteiger partial charge is 0.0820 e. The molecular weight excluding hydrogens is 438 g/mol. The second-order valence-corrected chi connectivity index (χ2v) is 8.26. The maximum Gasteiger partial charge on any atom is 0.0820 e. The highest BCUT2D eigenvalue weighted by molar-refractivity contribution is 5.71. The SMILES string of the molecule is C=C(C)O.C=C/C=C\C(=C/C)CC.C=Cc1cc(CC)c(CC)c(C)c1/C=C(\C)C1CC1.CC.CN. The van der Waals surface area contributed by atoms with Crippen LogP contribution in [0, 0.1) is 12.8 Å². The van der Waals surface area contributed by atoms with E-state index in [1.165, 1.54) is 65.8 Å². The number of aryl methyl sites for hydroxylation is 1. The number of aliphatic hydroxyl groups excluding tert-OH is 1. The first-order valence-corrected chi connectivity index (χ1v) is 13.5. The van der Waals surface area contributed by atoms with Gasteiger partial charge in [-0.25, -0.2) is 0 Å². The van der Waals surface area contributed by atoms with Crippen molar-refractivity contribution in [3.63, 3.8) is 0 Å². The molecule has 0 bridgehead atoms. The molecule has 0 unspecified atom stereocenters. The fourth-order valence-electron chi connectivity index (χ4n) is 3.63. The quantitative estimate of drug-likeness (QED) is 0.278. The summed E-state index contributed by atoms with van der Waals surface area (Å²) >= 11 is 0. The summed E-state index contributed by atoms with van der Waals surface area (Å²) in [6, 6.07) is 2.34. The standard InChI is InChI=1S/C19H26.C9H14.C3H6O.C2H6.CH5N/c1-6-15-12-16(7-2)19(14(5)18(15)8-3)11-13(4)17-9-10-17;1-4-7-8-9(5-2)6-3;1-3(2)4;2*1-2/h7,11-12,17H,2,6,8-10H2,1,3-5H3;4-5,7-8H,1,6H2,2-3H3;4H,1H2,2H3;1-2H3;2H2,1H3/b13-11+;8-7-,9-5-;;;. The fourth-order valence-corrected chi connectivity index (χ4v) is 3.63. The molecule has 0 radical (unpaired) electrons. The van der Waals surface area contributed by atoms with Crippen LogP contribution in [-0.2, 0) is 12.8 Å². The maximum atomic E-state index is 7.86. The molecular formula is C34H57NO. The molecule has 204 valence electrons. The number of aliphatic hydroxyl groups is 1. The Morgan fingerprint density at radius 1 is 1.08 bits per heavy atom. The highest BCUT2D eigenvalue weighted by Crippen LogP contribution is 2.38. The fraction of sp³-hybridized carbons (Fsp3) is 0.471.